The van der Waals surface area contributed by atoms with E-state index >= 15 is 0 Å². The van der Waals surface area contributed by atoms with E-state index in [9.17, 15) is 9.59 Å². The lowest BCUT2D eigenvalue weighted by atomic mass is 9.90. The molecule has 0 radical (unpaired) electrons. The van der Waals surface area contributed by atoms with Crippen LogP contribution in [0.5, 0.6) is 0 Å². The van der Waals surface area contributed by atoms with Gasteiger partial charge >= 0.3 is 5.97 Å². The van der Waals surface area contributed by atoms with Gasteiger partial charge in [-0.2, -0.15) is 0 Å². The smallest absolute Gasteiger partial charge is 0.335 e. The van der Waals surface area contributed by atoms with E-state index in [4.69, 9.17) is 5.11 Å². The first-order chi connectivity index (χ1) is 8.56. The van der Waals surface area contributed by atoms with Crippen LogP contribution >= 0.6 is 0 Å². The van der Waals surface area contributed by atoms with Crippen molar-refractivity contribution >= 4 is 11.8 Å². The normalized spacial score (nSPS) is 20.9. The Bertz CT molecular complexity index is 453. The Morgan fingerprint density at radius 1 is 1.39 bits per heavy atom. The molecular formula is C14H17NO3. The maximum Gasteiger partial charge on any atom is 0.335 e. The van der Waals surface area contributed by atoms with Gasteiger partial charge in [0.05, 0.1) is 5.56 Å². The minimum Gasteiger partial charge on any atom is -0.478 e. The van der Waals surface area contributed by atoms with Gasteiger partial charge in [0.25, 0.3) is 0 Å². The van der Waals surface area contributed by atoms with Crippen molar-refractivity contribution in [3.05, 3.63) is 35.4 Å². The van der Waals surface area contributed by atoms with Crippen molar-refractivity contribution in [3.8, 4) is 0 Å². The highest BCUT2D eigenvalue weighted by Gasteiger charge is 2.25. The summed E-state index contributed by atoms with van der Waals surface area (Å²) in [6.45, 7) is 1.63. The number of rotatable bonds is 3. The Morgan fingerprint density at radius 3 is 2.67 bits per heavy atom. The van der Waals surface area contributed by atoms with Gasteiger partial charge in [-0.15, -0.1) is 0 Å². The van der Waals surface area contributed by atoms with Gasteiger partial charge in [-0.1, -0.05) is 12.1 Å². The number of hydrogen-bond acceptors (Lipinski definition) is 3. The number of benzene rings is 1. The summed E-state index contributed by atoms with van der Waals surface area (Å²) in [5.41, 5.74) is 1.31. The highest BCUT2D eigenvalue weighted by molar-refractivity contribution is 5.87. The zero-order valence-corrected chi connectivity index (χ0v) is 10.4. The maximum absolute atomic E-state index is 11.8. The number of carbonyl (C=O) groups is 2. The molecule has 1 atom stereocenters. The second-order valence-corrected chi connectivity index (χ2v) is 4.88. The predicted molar refractivity (Wildman–Crippen MR) is 67.7 cm³/mol. The molecule has 1 heterocycles. The first kappa shape index (κ1) is 12.8. The molecule has 0 aliphatic carbocycles. The summed E-state index contributed by atoms with van der Waals surface area (Å²) in [5.74, 6) is -0.565. The van der Waals surface area contributed by atoms with Crippen molar-refractivity contribution in [2.45, 2.75) is 12.8 Å². The molecule has 96 valence electrons. The molecule has 2 rings (SSSR count). The zero-order chi connectivity index (χ0) is 13.1. The van der Waals surface area contributed by atoms with Crippen molar-refractivity contribution in [1.82, 2.24) is 4.90 Å². The summed E-state index contributed by atoms with van der Waals surface area (Å²) in [4.78, 5) is 24.7. The third-order valence-corrected chi connectivity index (χ3v) is 3.41. The van der Waals surface area contributed by atoms with Crippen LogP contribution in [0.2, 0.25) is 0 Å². The molecule has 0 spiro atoms. The summed E-state index contributed by atoms with van der Waals surface area (Å²) in [5, 5.41) is 8.81. The summed E-state index contributed by atoms with van der Waals surface area (Å²) in [7, 11) is 2.02. The quantitative estimate of drug-likeness (QED) is 0.878. The number of piperidine rings is 1. The van der Waals surface area contributed by atoms with Gasteiger partial charge < -0.3 is 10.0 Å². The fourth-order valence-corrected chi connectivity index (χ4v) is 2.32. The first-order valence-corrected chi connectivity index (χ1v) is 6.10. The Balaban J connectivity index is 2.04. The Labute approximate surface area is 106 Å². The molecule has 1 N–H and O–H groups in total. The molecule has 1 aromatic rings. The molecular weight excluding hydrogens is 230 g/mol. The zero-order valence-electron chi connectivity index (χ0n) is 10.4. The number of carboxylic acids is 1. The third-order valence-electron chi connectivity index (χ3n) is 3.41. The molecule has 1 unspecified atom stereocenters. The van der Waals surface area contributed by atoms with E-state index in [-0.39, 0.29) is 11.5 Å². The van der Waals surface area contributed by atoms with Crippen LogP contribution in [0, 0.1) is 5.92 Å². The third kappa shape index (κ3) is 2.96. The lowest BCUT2D eigenvalue weighted by Crippen LogP contribution is -2.39. The van der Waals surface area contributed by atoms with Gasteiger partial charge in [0.15, 0.2) is 0 Å². The van der Waals surface area contributed by atoms with Crippen molar-refractivity contribution in [3.63, 3.8) is 0 Å². The lowest BCUT2D eigenvalue weighted by molar-refractivity contribution is -0.125. The predicted octanol–water partition coefficient (Wildman–Crippen LogP) is 1.45. The van der Waals surface area contributed by atoms with Crippen LogP contribution in [0.15, 0.2) is 24.3 Å². The van der Waals surface area contributed by atoms with Crippen LogP contribution in [0.25, 0.3) is 0 Å². The number of nitrogens with zero attached hydrogens (tertiary/aromatic N) is 1. The standard InChI is InChI=1S/C14H17NO3/c1-15-7-6-13(16)12(9-15)8-10-2-4-11(5-3-10)14(17)18/h2-5,12H,6-9H2,1H3,(H,17,18). The fraction of sp³-hybridized carbons (Fsp3) is 0.429. The van der Waals surface area contributed by atoms with Gasteiger partial charge in [-0.3, -0.25) is 4.79 Å². The van der Waals surface area contributed by atoms with Gasteiger partial charge in [0.2, 0.25) is 0 Å². The average Bonchev–Trinajstić information content (AvgIpc) is 2.34. The summed E-state index contributed by atoms with van der Waals surface area (Å²) in [6, 6.07) is 6.78. The molecule has 18 heavy (non-hydrogen) atoms. The molecule has 0 saturated carbocycles. The van der Waals surface area contributed by atoms with Crippen molar-refractivity contribution in [2.75, 3.05) is 20.1 Å². The molecule has 1 fully saturated rings. The van der Waals surface area contributed by atoms with Gasteiger partial charge in [-0.05, 0) is 31.2 Å². The monoisotopic (exact) mass is 247 g/mol. The van der Waals surface area contributed by atoms with Crippen molar-refractivity contribution in [1.29, 1.82) is 0 Å². The topological polar surface area (TPSA) is 57.6 Å². The second-order valence-electron chi connectivity index (χ2n) is 4.88. The maximum atomic E-state index is 11.8. The molecule has 1 aliphatic heterocycles. The van der Waals surface area contributed by atoms with Crippen LogP contribution in [0.4, 0.5) is 0 Å². The molecule has 4 heteroatoms. The van der Waals surface area contributed by atoms with E-state index < -0.39 is 5.97 Å². The molecule has 0 aromatic heterocycles. The molecule has 0 bridgehead atoms. The lowest BCUT2D eigenvalue weighted by Gasteiger charge is -2.28. The number of carboxylic acid groups (broad SMARTS) is 1. The van der Waals surface area contributed by atoms with E-state index in [2.05, 4.69) is 4.90 Å². The number of ketones is 1. The van der Waals surface area contributed by atoms with Crippen LogP contribution < -0.4 is 0 Å². The number of likely N-dealkylation sites (tertiary alicyclic amines) is 1. The SMILES string of the molecule is CN1CCC(=O)C(Cc2ccc(C(=O)O)cc2)C1. The molecule has 1 saturated heterocycles. The van der Waals surface area contributed by atoms with E-state index in [0.717, 1.165) is 18.7 Å². The van der Waals surface area contributed by atoms with E-state index in [0.29, 0.717) is 18.6 Å². The first-order valence-electron chi connectivity index (χ1n) is 6.10. The van der Waals surface area contributed by atoms with Crippen LogP contribution in [-0.2, 0) is 11.2 Å². The molecule has 0 amide bonds. The van der Waals surface area contributed by atoms with Crippen LogP contribution in [-0.4, -0.2) is 41.9 Å². The van der Waals surface area contributed by atoms with E-state index in [1.165, 1.54) is 0 Å². The highest BCUT2D eigenvalue weighted by atomic mass is 16.4. The van der Waals surface area contributed by atoms with Crippen molar-refractivity contribution in [2.24, 2.45) is 5.92 Å². The molecule has 4 nitrogen and oxygen atoms in total. The number of carbonyl (C=O) groups excluding carboxylic acids is 1. The van der Waals surface area contributed by atoms with Crippen molar-refractivity contribution < 1.29 is 14.7 Å². The molecule has 1 aliphatic rings. The number of aromatic carboxylic acids is 1. The van der Waals surface area contributed by atoms with Crippen LogP contribution in [0.1, 0.15) is 22.3 Å². The molecule has 1 aromatic carbocycles. The Kier molecular flexibility index (Phi) is 3.77. The van der Waals surface area contributed by atoms with E-state index in [1.54, 1.807) is 24.3 Å². The Hall–Kier alpha value is -1.68. The Morgan fingerprint density at radius 2 is 2.06 bits per heavy atom. The largest absolute Gasteiger partial charge is 0.478 e. The summed E-state index contributed by atoms with van der Waals surface area (Å²) in [6.07, 6.45) is 1.32. The van der Waals surface area contributed by atoms with Gasteiger partial charge in [0, 0.05) is 25.4 Å². The minimum atomic E-state index is -0.921. The van der Waals surface area contributed by atoms with Crippen LogP contribution in [0.3, 0.4) is 0 Å². The van der Waals surface area contributed by atoms with Gasteiger partial charge in [0.1, 0.15) is 5.78 Å². The van der Waals surface area contributed by atoms with E-state index in [1.807, 2.05) is 7.05 Å². The summed E-state index contributed by atoms with van der Waals surface area (Å²) < 4.78 is 0. The fourth-order valence-electron chi connectivity index (χ4n) is 2.32. The number of hydrogen-bond donors (Lipinski definition) is 1. The van der Waals surface area contributed by atoms with Gasteiger partial charge in [-0.25, -0.2) is 4.79 Å². The second kappa shape index (κ2) is 5.31. The summed E-state index contributed by atoms with van der Waals surface area (Å²) >= 11 is 0. The minimum absolute atomic E-state index is 0.0411. The highest BCUT2D eigenvalue weighted by Crippen LogP contribution is 2.17. The average molecular weight is 247 g/mol. The number of Topliss-reactive ketones (excluding diaryl/α,β-unsaturated/α-hetero) is 1.